The van der Waals surface area contributed by atoms with Gasteiger partial charge in [-0.05, 0) is 35.7 Å². The minimum atomic E-state index is -0.219. The predicted molar refractivity (Wildman–Crippen MR) is 97.8 cm³/mol. The van der Waals surface area contributed by atoms with Gasteiger partial charge < -0.3 is 15.4 Å². The van der Waals surface area contributed by atoms with Crippen molar-refractivity contribution in [2.75, 3.05) is 19.7 Å². The van der Waals surface area contributed by atoms with Crippen molar-refractivity contribution in [1.82, 2.24) is 10.6 Å². The minimum absolute atomic E-state index is 0.0474. The Bertz CT molecular complexity index is 699. The molecular formula is C20H24N2O3. The van der Waals surface area contributed by atoms with E-state index in [0.717, 1.165) is 0 Å². The summed E-state index contributed by atoms with van der Waals surface area (Å²) < 4.78 is 5.51. The van der Waals surface area contributed by atoms with Crippen LogP contribution < -0.4 is 15.4 Å². The van der Waals surface area contributed by atoms with E-state index in [1.807, 2.05) is 42.5 Å². The van der Waals surface area contributed by atoms with E-state index in [-0.39, 0.29) is 18.4 Å². The molecule has 0 unspecified atom stereocenters. The van der Waals surface area contributed by atoms with E-state index in [4.69, 9.17) is 4.74 Å². The first kappa shape index (κ1) is 18.5. The Labute approximate surface area is 148 Å². The lowest BCUT2D eigenvalue weighted by molar-refractivity contribution is -0.123. The van der Waals surface area contributed by atoms with Crippen LogP contribution >= 0.6 is 0 Å². The number of hydrogen-bond acceptors (Lipinski definition) is 3. The van der Waals surface area contributed by atoms with Crippen molar-refractivity contribution < 1.29 is 14.3 Å². The van der Waals surface area contributed by atoms with Gasteiger partial charge in [0.05, 0.1) is 0 Å². The van der Waals surface area contributed by atoms with Gasteiger partial charge in [-0.25, -0.2) is 0 Å². The molecule has 0 spiro atoms. The molecule has 2 rings (SSSR count). The Morgan fingerprint density at radius 2 is 1.68 bits per heavy atom. The summed E-state index contributed by atoms with van der Waals surface area (Å²) in [6.45, 7) is 4.88. The summed E-state index contributed by atoms with van der Waals surface area (Å²) in [5, 5.41) is 5.47. The molecule has 0 saturated heterocycles. The molecule has 0 aliphatic heterocycles. The van der Waals surface area contributed by atoms with Crippen LogP contribution in [0.1, 0.15) is 35.7 Å². The van der Waals surface area contributed by atoms with E-state index in [2.05, 4.69) is 24.5 Å². The van der Waals surface area contributed by atoms with Gasteiger partial charge in [-0.1, -0.05) is 44.2 Å². The predicted octanol–water partition coefficient (Wildman–Crippen LogP) is 2.74. The number of amides is 2. The molecule has 0 saturated carbocycles. The first-order valence-corrected chi connectivity index (χ1v) is 8.39. The SMILES string of the molecule is CC(C)c1cccc(OCC(=O)NCCNC(=O)c2ccccc2)c1. The van der Waals surface area contributed by atoms with Crippen LogP contribution in [0.25, 0.3) is 0 Å². The zero-order chi connectivity index (χ0) is 18.1. The molecule has 2 aromatic rings. The number of nitrogens with one attached hydrogen (secondary N) is 2. The van der Waals surface area contributed by atoms with E-state index < -0.39 is 0 Å². The third-order valence-corrected chi connectivity index (χ3v) is 3.66. The highest BCUT2D eigenvalue weighted by Gasteiger charge is 2.06. The van der Waals surface area contributed by atoms with Crippen LogP contribution in [0.2, 0.25) is 0 Å². The van der Waals surface area contributed by atoms with Crippen molar-refractivity contribution in [3.63, 3.8) is 0 Å². The number of hydrogen-bond donors (Lipinski definition) is 2. The van der Waals surface area contributed by atoms with Crippen LogP contribution in [-0.2, 0) is 4.79 Å². The van der Waals surface area contributed by atoms with Gasteiger partial charge in [0.1, 0.15) is 5.75 Å². The van der Waals surface area contributed by atoms with Crippen molar-refractivity contribution in [1.29, 1.82) is 0 Å². The number of benzene rings is 2. The fourth-order valence-electron chi connectivity index (χ4n) is 2.23. The van der Waals surface area contributed by atoms with Gasteiger partial charge >= 0.3 is 0 Å². The van der Waals surface area contributed by atoms with Crippen molar-refractivity contribution in [2.24, 2.45) is 0 Å². The molecule has 5 heteroatoms. The lowest BCUT2D eigenvalue weighted by Gasteiger charge is -2.10. The maximum Gasteiger partial charge on any atom is 0.258 e. The Balaban J connectivity index is 1.66. The second-order valence-corrected chi connectivity index (χ2v) is 5.99. The average Bonchev–Trinajstić information content (AvgIpc) is 2.64. The Morgan fingerprint density at radius 3 is 2.40 bits per heavy atom. The summed E-state index contributed by atoms with van der Waals surface area (Å²) in [4.78, 5) is 23.6. The second kappa shape index (κ2) is 9.47. The van der Waals surface area contributed by atoms with Gasteiger partial charge in [0.2, 0.25) is 0 Å². The average molecular weight is 340 g/mol. The van der Waals surface area contributed by atoms with Gasteiger partial charge in [0, 0.05) is 18.7 Å². The zero-order valence-corrected chi connectivity index (χ0v) is 14.6. The van der Waals surface area contributed by atoms with Crippen LogP contribution in [-0.4, -0.2) is 31.5 Å². The number of carbonyl (C=O) groups is 2. The molecule has 25 heavy (non-hydrogen) atoms. The first-order valence-electron chi connectivity index (χ1n) is 8.39. The monoisotopic (exact) mass is 340 g/mol. The highest BCUT2D eigenvalue weighted by Crippen LogP contribution is 2.19. The molecule has 2 amide bonds. The van der Waals surface area contributed by atoms with Gasteiger partial charge in [0.15, 0.2) is 6.61 Å². The van der Waals surface area contributed by atoms with E-state index in [1.54, 1.807) is 12.1 Å². The maximum absolute atomic E-state index is 11.8. The molecule has 132 valence electrons. The zero-order valence-electron chi connectivity index (χ0n) is 14.6. The van der Waals surface area contributed by atoms with Crippen molar-refractivity contribution >= 4 is 11.8 Å². The van der Waals surface area contributed by atoms with E-state index in [0.29, 0.717) is 30.3 Å². The molecule has 0 atom stereocenters. The Kier molecular flexibility index (Phi) is 7.01. The molecule has 0 heterocycles. The van der Waals surface area contributed by atoms with Crippen LogP contribution in [0.3, 0.4) is 0 Å². The highest BCUT2D eigenvalue weighted by molar-refractivity contribution is 5.94. The largest absolute Gasteiger partial charge is 0.484 e. The quantitative estimate of drug-likeness (QED) is 0.726. The second-order valence-electron chi connectivity index (χ2n) is 5.99. The van der Waals surface area contributed by atoms with Crippen LogP contribution in [0.15, 0.2) is 54.6 Å². The van der Waals surface area contributed by atoms with Crippen LogP contribution in [0.4, 0.5) is 0 Å². The summed E-state index contributed by atoms with van der Waals surface area (Å²) in [7, 11) is 0. The van der Waals surface area contributed by atoms with Crippen molar-refractivity contribution in [3.05, 3.63) is 65.7 Å². The van der Waals surface area contributed by atoms with Gasteiger partial charge in [-0.3, -0.25) is 9.59 Å². The van der Waals surface area contributed by atoms with E-state index >= 15 is 0 Å². The van der Waals surface area contributed by atoms with E-state index in [1.165, 1.54) is 5.56 Å². The molecular weight excluding hydrogens is 316 g/mol. The number of ether oxygens (including phenoxy) is 1. The fourth-order valence-corrected chi connectivity index (χ4v) is 2.23. The number of rotatable bonds is 8. The Hall–Kier alpha value is -2.82. The molecule has 0 fully saturated rings. The summed E-state index contributed by atoms with van der Waals surface area (Å²) in [5.41, 5.74) is 1.77. The highest BCUT2D eigenvalue weighted by atomic mass is 16.5. The Morgan fingerprint density at radius 1 is 0.960 bits per heavy atom. The molecule has 2 N–H and O–H groups in total. The van der Waals surface area contributed by atoms with Gasteiger partial charge in [-0.2, -0.15) is 0 Å². The lowest BCUT2D eigenvalue weighted by atomic mass is 10.0. The standard InChI is InChI=1S/C20H24N2O3/c1-15(2)17-9-6-10-18(13-17)25-14-19(23)21-11-12-22-20(24)16-7-4-3-5-8-16/h3-10,13,15H,11-12,14H2,1-2H3,(H,21,23)(H,22,24). The summed E-state index contributed by atoms with van der Waals surface area (Å²) in [5.74, 6) is 0.713. The summed E-state index contributed by atoms with van der Waals surface area (Å²) in [6.07, 6.45) is 0. The molecule has 0 aromatic heterocycles. The minimum Gasteiger partial charge on any atom is -0.484 e. The van der Waals surface area contributed by atoms with Crippen molar-refractivity contribution in [2.45, 2.75) is 19.8 Å². The topological polar surface area (TPSA) is 67.4 Å². The summed E-state index contributed by atoms with van der Waals surface area (Å²) in [6, 6.07) is 16.7. The van der Waals surface area contributed by atoms with E-state index in [9.17, 15) is 9.59 Å². The molecule has 0 bridgehead atoms. The molecule has 0 aliphatic rings. The fraction of sp³-hybridized carbons (Fsp3) is 0.300. The van der Waals surface area contributed by atoms with Crippen LogP contribution in [0, 0.1) is 0 Å². The molecule has 2 aromatic carbocycles. The number of carbonyl (C=O) groups excluding carboxylic acids is 2. The van der Waals surface area contributed by atoms with Gasteiger partial charge in [-0.15, -0.1) is 0 Å². The summed E-state index contributed by atoms with van der Waals surface area (Å²) >= 11 is 0. The third kappa shape index (κ3) is 6.30. The smallest absolute Gasteiger partial charge is 0.258 e. The van der Waals surface area contributed by atoms with Crippen LogP contribution in [0.5, 0.6) is 5.75 Å². The maximum atomic E-state index is 11.8. The molecule has 0 aliphatic carbocycles. The van der Waals surface area contributed by atoms with Crippen molar-refractivity contribution in [3.8, 4) is 5.75 Å². The van der Waals surface area contributed by atoms with Gasteiger partial charge in [0.25, 0.3) is 11.8 Å². The normalized spacial score (nSPS) is 10.4. The first-order chi connectivity index (χ1) is 12.1. The lowest BCUT2D eigenvalue weighted by Crippen LogP contribution is -2.36. The molecule has 5 nitrogen and oxygen atoms in total. The third-order valence-electron chi connectivity index (χ3n) is 3.66. The molecule has 0 radical (unpaired) electrons.